The van der Waals surface area contributed by atoms with E-state index in [1.54, 1.807) is 24.4 Å². The van der Waals surface area contributed by atoms with E-state index in [-0.39, 0.29) is 0 Å². The average Bonchev–Trinajstić information content (AvgIpc) is 3.27. The van der Waals surface area contributed by atoms with Gasteiger partial charge in [-0.2, -0.15) is 5.26 Å². The number of nitriles is 1. The van der Waals surface area contributed by atoms with Crippen LogP contribution in [-0.4, -0.2) is 24.5 Å². The maximum Gasteiger partial charge on any atom is 0.158 e. The Labute approximate surface area is 161 Å². The molecule has 1 atom stereocenters. The molecule has 0 bridgehead atoms. The maximum atomic E-state index is 9.02. The average molecular weight is 377 g/mol. The van der Waals surface area contributed by atoms with Gasteiger partial charge in [-0.3, -0.25) is 0 Å². The number of nitrogens with zero attached hydrogens (tertiary/aromatic N) is 5. The Hall–Kier alpha value is -3.17. The number of rotatable bonds is 5. The van der Waals surface area contributed by atoms with Crippen LogP contribution in [0.1, 0.15) is 18.3 Å². The number of H-pyrrole nitrogens is 1. The SMILES string of the molecule is CC(Cc1nc2cc(C#N)ccc2[nH]1)Cn1ccnc1-c1cccc(Cl)n1. The molecule has 0 saturated heterocycles. The van der Waals surface area contributed by atoms with Gasteiger partial charge < -0.3 is 9.55 Å². The number of pyridine rings is 1. The van der Waals surface area contributed by atoms with E-state index in [1.807, 2.05) is 24.4 Å². The van der Waals surface area contributed by atoms with Gasteiger partial charge in [-0.1, -0.05) is 24.6 Å². The van der Waals surface area contributed by atoms with Crippen LogP contribution < -0.4 is 0 Å². The number of aromatic nitrogens is 5. The lowest BCUT2D eigenvalue weighted by molar-refractivity contribution is 0.474. The normalized spacial score (nSPS) is 12.2. The summed E-state index contributed by atoms with van der Waals surface area (Å²) in [5.74, 6) is 2.04. The third kappa shape index (κ3) is 3.69. The fraction of sp³-hybridized carbons (Fsp3) is 0.200. The molecule has 0 fully saturated rings. The van der Waals surface area contributed by atoms with E-state index in [9.17, 15) is 0 Å². The van der Waals surface area contributed by atoms with Crippen LogP contribution in [0.25, 0.3) is 22.6 Å². The van der Waals surface area contributed by atoms with Crippen LogP contribution in [0, 0.1) is 17.2 Å². The van der Waals surface area contributed by atoms with Crippen LogP contribution in [0.15, 0.2) is 48.8 Å². The summed E-state index contributed by atoms with van der Waals surface area (Å²) < 4.78 is 2.08. The smallest absolute Gasteiger partial charge is 0.158 e. The molecule has 1 aromatic carbocycles. The molecule has 0 aliphatic rings. The number of hydrogen-bond donors (Lipinski definition) is 1. The predicted molar refractivity (Wildman–Crippen MR) is 104 cm³/mol. The van der Waals surface area contributed by atoms with Crippen molar-refractivity contribution in [3.05, 3.63) is 65.3 Å². The molecule has 0 saturated carbocycles. The summed E-state index contributed by atoms with van der Waals surface area (Å²) in [5, 5.41) is 9.47. The molecule has 0 spiro atoms. The van der Waals surface area contributed by atoms with Gasteiger partial charge in [-0.25, -0.2) is 15.0 Å². The van der Waals surface area contributed by atoms with Crippen LogP contribution in [-0.2, 0) is 13.0 Å². The highest BCUT2D eigenvalue weighted by Gasteiger charge is 2.13. The summed E-state index contributed by atoms with van der Waals surface area (Å²) >= 11 is 6.01. The topological polar surface area (TPSA) is 83.2 Å². The van der Waals surface area contributed by atoms with Crippen LogP contribution in [0.2, 0.25) is 5.15 Å². The van der Waals surface area contributed by atoms with Crippen molar-refractivity contribution in [3.8, 4) is 17.6 Å². The third-order valence-corrected chi connectivity index (χ3v) is 4.58. The Morgan fingerprint density at radius 3 is 2.96 bits per heavy atom. The van der Waals surface area contributed by atoms with E-state index in [0.717, 1.165) is 41.3 Å². The largest absolute Gasteiger partial charge is 0.342 e. The monoisotopic (exact) mass is 376 g/mol. The Bertz CT molecular complexity index is 1140. The Morgan fingerprint density at radius 2 is 2.15 bits per heavy atom. The van der Waals surface area contributed by atoms with Gasteiger partial charge in [0.05, 0.1) is 22.7 Å². The van der Waals surface area contributed by atoms with Gasteiger partial charge in [0.15, 0.2) is 5.82 Å². The minimum Gasteiger partial charge on any atom is -0.342 e. The van der Waals surface area contributed by atoms with Crippen molar-refractivity contribution >= 4 is 22.6 Å². The fourth-order valence-electron chi connectivity index (χ4n) is 3.18. The second kappa shape index (κ2) is 7.22. The molecule has 1 unspecified atom stereocenters. The first-order chi connectivity index (χ1) is 13.1. The molecule has 6 nitrogen and oxygen atoms in total. The zero-order valence-electron chi connectivity index (χ0n) is 14.7. The van der Waals surface area contributed by atoms with E-state index < -0.39 is 0 Å². The number of aromatic amines is 1. The van der Waals surface area contributed by atoms with E-state index in [2.05, 4.69) is 37.5 Å². The lowest BCUT2D eigenvalue weighted by Crippen LogP contribution is -2.12. The molecular weight excluding hydrogens is 360 g/mol. The van der Waals surface area contributed by atoms with Crippen molar-refractivity contribution in [2.45, 2.75) is 19.9 Å². The summed E-state index contributed by atoms with van der Waals surface area (Å²) in [6.07, 6.45) is 4.51. The van der Waals surface area contributed by atoms with E-state index in [0.29, 0.717) is 16.6 Å². The first-order valence-electron chi connectivity index (χ1n) is 8.65. The van der Waals surface area contributed by atoms with Crippen molar-refractivity contribution in [2.24, 2.45) is 5.92 Å². The number of fused-ring (bicyclic) bond motifs is 1. The Balaban J connectivity index is 1.51. The number of imidazole rings is 2. The van der Waals surface area contributed by atoms with Gasteiger partial charge in [0.1, 0.15) is 16.7 Å². The second-order valence-corrected chi connectivity index (χ2v) is 6.97. The minimum absolute atomic E-state index is 0.327. The van der Waals surface area contributed by atoms with Crippen molar-refractivity contribution in [3.63, 3.8) is 0 Å². The van der Waals surface area contributed by atoms with Gasteiger partial charge in [-0.15, -0.1) is 0 Å². The fourth-order valence-corrected chi connectivity index (χ4v) is 3.34. The van der Waals surface area contributed by atoms with Crippen molar-refractivity contribution in [1.82, 2.24) is 24.5 Å². The summed E-state index contributed by atoms with van der Waals surface area (Å²) in [4.78, 5) is 16.7. The van der Waals surface area contributed by atoms with Crippen LogP contribution in [0.3, 0.4) is 0 Å². The van der Waals surface area contributed by atoms with E-state index in [4.69, 9.17) is 16.9 Å². The van der Waals surface area contributed by atoms with Crippen LogP contribution in [0.4, 0.5) is 0 Å². The molecule has 27 heavy (non-hydrogen) atoms. The molecule has 4 rings (SSSR count). The first kappa shape index (κ1) is 17.3. The minimum atomic E-state index is 0.327. The molecule has 0 aliphatic heterocycles. The molecule has 3 aromatic heterocycles. The number of hydrogen-bond acceptors (Lipinski definition) is 4. The summed E-state index contributed by atoms with van der Waals surface area (Å²) in [6.45, 7) is 2.95. The predicted octanol–water partition coefficient (Wildman–Crippen LogP) is 4.23. The lowest BCUT2D eigenvalue weighted by Gasteiger charge is -2.13. The van der Waals surface area contributed by atoms with E-state index >= 15 is 0 Å². The molecule has 0 radical (unpaired) electrons. The quantitative estimate of drug-likeness (QED) is 0.528. The first-order valence-corrected chi connectivity index (χ1v) is 9.03. The summed E-state index contributed by atoms with van der Waals surface area (Å²) in [6, 6.07) is 13.2. The summed E-state index contributed by atoms with van der Waals surface area (Å²) in [5.41, 5.74) is 3.14. The lowest BCUT2D eigenvalue weighted by atomic mass is 10.1. The maximum absolute atomic E-state index is 9.02. The zero-order valence-corrected chi connectivity index (χ0v) is 15.5. The van der Waals surface area contributed by atoms with Crippen LogP contribution >= 0.6 is 11.6 Å². The highest BCUT2D eigenvalue weighted by Crippen LogP contribution is 2.20. The van der Waals surface area contributed by atoms with Gasteiger partial charge >= 0.3 is 0 Å². The van der Waals surface area contributed by atoms with Gasteiger partial charge in [0.2, 0.25) is 0 Å². The van der Waals surface area contributed by atoms with Crippen LogP contribution in [0.5, 0.6) is 0 Å². The van der Waals surface area contributed by atoms with Gasteiger partial charge in [0.25, 0.3) is 0 Å². The molecule has 4 aromatic rings. The van der Waals surface area contributed by atoms with Crippen molar-refractivity contribution in [1.29, 1.82) is 5.26 Å². The number of benzene rings is 1. The van der Waals surface area contributed by atoms with Gasteiger partial charge in [-0.05, 0) is 36.2 Å². The molecule has 0 amide bonds. The molecule has 0 aliphatic carbocycles. The molecule has 1 N–H and O–H groups in total. The van der Waals surface area contributed by atoms with E-state index in [1.165, 1.54) is 0 Å². The zero-order chi connectivity index (χ0) is 18.8. The summed E-state index contributed by atoms with van der Waals surface area (Å²) in [7, 11) is 0. The van der Waals surface area contributed by atoms with Gasteiger partial charge in [0, 0.05) is 25.4 Å². The second-order valence-electron chi connectivity index (χ2n) is 6.59. The molecule has 134 valence electrons. The molecular formula is C20H17ClN6. The third-order valence-electron chi connectivity index (χ3n) is 4.37. The number of nitrogens with one attached hydrogen (secondary N) is 1. The Kier molecular flexibility index (Phi) is 4.61. The molecule has 3 heterocycles. The standard InChI is InChI=1S/C20H17ClN6/c1-13(9-19-25-15-6-5-14(11-22)10-17(15)26-19)12-27-8-7-23-20(27)16-3-2-4-18(21)24-16/h2-8,10,13H,9,12H2,1H3,(H,25,26). The Morgan fingerprint density at radius 1 is 1.26 bits per heavy atom. The number of halogens is 1. The highest BCUT2D eigenvalue weighted by molar-refractivity contribution is 6.29. The van der Waals surface area contributed by atoms with Crippen molar-refractivity contribution < 1.29 is 0 Å². The van der Waals surface area contributed by atoms with Crippen molar-refractivity contribution in [2.75, 3.05) is 0 Å². The molecule has 7 heteroatoms. The highest BCUT2D eigenvalue weighted by atomic mass is 35.5.